The summed E-state index contributed by atoms with van der Waals surface area (Å²) in [7, 11) is 0. The van der Waals surface area contributed by atoms with Crippen molar-refractivity contribution in [2.75, 3.05) is 0 Å². The quantitative estimate of drug-likeness (QED) is 0.102. The van der Waals surface area contributed by atoms with E-state index in [0.29, 0.717) is 6.42 Å². The third-order valence-electron chi connectivity index (χ3n) is 4.57. The van der Waals surface area contributed by atoms with Crippen LogP contribution in [0.2, 0.25) is 0 Å². The number of aliphatic hydroxyl groups is 2. The fraction of sp³-hybridized carbons (Fsp3) is 0.857. The van der Waals surface area contributed by atoms with E-state index >= 15 is 0 Å². The van der Waals surface area contributed by atoms with Crippen molar-refractivity contribution in [3.8, 4) is 0 Å². The zero-order valence-corrected chi connectivity index (χ0v) is 22.5. The number of aliphatic carboxylic acids is 1. The molecule has 0 aliphatic rings. The third kappa shape index (κ3) is 53.8. The number of aliphatic hydroxyl groups excluding tert-OH is 2. The van der Waals surface area contributed by atoms with Crippen LogP contribution in [0.5, 0.6) is 0 Å². The Labute approximate surface area is 205 Å². The van der Waals surface area contributed by atoms with Crippen molar-refractivity contribution in [1.82, 2.24) is 0 Å². The van der Waals surface area contributed by atoms with Crippen LogP contribution in [0.3, 0.4) is 0 Å². The zero-order valence-electron chi connectivity index (χ0n) is 22.5. The average molecular weight is 473 g/mol. The number of Topliss-reactive ketones (excluding diaryl/α,β-unsaturated/α-hetero) is 1. The summed E-state index contributed by atoms with van der Waals surface area (Å²) in [6.45, 7) is 9.15. The van der Waals surface area contributed by atoms with E-state index in [1.165, 1.54) is 77.0 Å². The molecule has 5 heteroatoms. The molecule has 0 aliphatic heterocycles. The van der Waals surface area contributed by atoms with Crippen LogP contribution in [0.15, 0.2) is 12.2 Å². The number of carboxylic acids is 1. The molecular formula is C28H56O5. The van der Waals surface area contributed by atoms with E-state index in [4.69, 9.17) is 15.3 Å². The molecule has 0 bridgehead atoms. The second-order valence-electron chi connectivity index (χ2n) is 9.34. The van der Waals surface area contributed by atoms with Crippen molar-refractivity contribution in [1.29, 1.82) is 0 Å². The molecule has 0 saturated heterocycles. The molecule has 198 valence electrons. The van der Waals surface area contributed by atoms with Crippen molar-refractivity contribution < 1.29 is 24.9 Å². The van der Waals surface area contributed by atoms with Crippen LogP contribution in [0.1, 0.15) is 144 Å². The molecule has 0 fully saturated rings. The molecule has 5 nitrogen and oxygen atoms in total. The summed E-state index contributed by atoms with van der Waals surface area (Å²) in [6.07, 6.45) is 23.3. The lowest BCUT2D eigenvalue weighted by molar-refractivity contribution is -0.140. The van der Waals surface area contributed by atoms with Crippen molar-refractivity contribution in [3.05, 3.63) is 12.2 Å². The standard InChI is InChI=1S/C22H40O3.2C3H8O/c1-2-3-4-5-6-7-8-9-10-11-12-13-14-15-16-17-18-19-21(23)20-22(24)25;2*1-3(2)4/h9-10H,2-8,11-20H2,1H3,(H,24,25);2*3-4H,1-2H3. The minimum Gasteiger partial charge on any atom is -0.481 e. The van der Waals surface area contributed by atoms with Gasteiger partial charge in [0, 0.05) is 18.6 Å². The first-order valence-corrected chi connectivity index (χ1v) is 13.4. The molecule has 0 aromatic carbocycles. The van der Waals surface area contributed by atoms with Crippen LogP contribution >= 0.6 is 0 Å². The monoisotopic (exact) mass is 472 g/mol. The van der Waals surface area contributed by atoms with E-state index in [1.807, 2.05) is 0 Å². The molecule has 33 heavy (non-hydrogen) atoms. The Morgan fingerprint density at radius 3 is 1.33 bits per heavy atom. The molecule has 0 aliphatic carbocycles. The topological polar surface area (TPSA) is 94.8 Å². The third-order valence-corrected chi connectivity index (χ3v) is 4.57. The van der Waals surface area contributed by atoms with Gasteiger partial charge in [-0.3, -0.25) is 9.59 Å². The van der Waals surface area contributed by atoms with Gasteiger partial charge in [-0.15, -0.1) is 0 Å². The number of unbranched alkanes of at least 4 members (excludes halogenated alkanes) is 13. The molecule has 0 heterocycles. The smallest absolute Gasteiger partial charge is 0.310 e. The van der Waals surface area contributed by atoms with Gasteiger partial charge in [-0.05, 0) is 59.8 Å². The molecule has 0 rings (SSSR count). The number of allylic oxidation sites excluding steroid dienone is 2. The number of carbonyl (C=O) groups excluding carboxylic acids is 1. The van der Waals surface area contributed by atoms with Gasteiger partial charge in [-0.25, -0.2) is 0 Å². The predicted molar refractivity (Wildman–Crippen MR) is 141 cm³/mol. The molecular weight excluding hydrogens is 416 g/mol. The average Bonchev–Trinajstić information content (AvgIpc) is 2.69. The lowest BCUT2D eigenvalue weighted by atomic mass is 10.0. The first-order chi connectivity index (χ1) is 15.6. The van der Waals surface area contributed by atoms with Gasteiger partial charge in [0.1, 0.15) is 12.2 Å². The largest absolute Gasteiger partial charge is 0.481 e. The molecule has 0 radical (unpaired) electrons. The van der Waals surface area contributed by atoms with Gasteiger partial charge in [0.2, 0.25) is 0 Å². The Kier molecular flexibility index (Phi) is 33.9. The first kappa shape index (κ1) is 36.4. The molecule has 0 aromatic rings. The van der Waals surface area contributed by atoms with Gasteiger partial charge in [0.05, 0.1) is 0 Å². The van der Waals surface area contributed by atoms with Crippen molar-refractivity contribution >= 4 is 11.8 Å². The van der Waals surface area contributed by atoms with E-state index in [2.05, 4.69) is 19.1 Å². The summed E-state index contributed by atoms with van der Waals surface area (Å²) in [5.41, 5.74) is 0. The highest BCUT2D eigenvalue weighted by Crippen LogP contribution is 2.11. The Morgan fingerprint density at radius 2 is 0.970 bits per heavy atom. The highest BCUT2D eigenvalue weighted by molar-refractivity contribution is 5.94. The van der Waals surface area contributed by atoms with Gasteiger partial charge < -0.3 is 15.3 Å². The summed E-state index contributed by atoms with van der Waals surface area (Å²) in [4.78, 5) is 21.6. The summed E-state index contributed by atoms with van der Waals surface area (Å²) >= 11 is 0. The van der Waals surface area contributed by atoms with Crippen LogP contribution in [0.4, 0.5) is 0 Å². The number of carboxylic acid groups (broad SMARTS) is 1. The highest BCUT2D eigenvalue weighted by Gasteiger charge is 2.06. The van der Waals surface area contributed by atoms with Crippen molar-refractivity contribution in [3.63, 3.8) is 0 Å². The summed E-state index contributed by atoms with van der Waals surface area (Å²) in [5, 5.41) is 24.6. The molecule has 3 N–H and O–H groups in total. The molecule has 0 atom stereocenters. The Bertz CT molecular complexity index is 418. The maximum Gasteiger partial charge on any atom is 0.310 e. The Morgan fingerprint density at radius 1 is 0.636 bits per heavy atom. The summed E-state index contributed by atoms with van der Waals surface area (Å²) < 4.78 is 0. The maximum atomic E-state index is 11.2. The van der Waals surface area contributed by atoms with Crippen LogP contribution in [-0.2, 0) is 9.59 Å². The Hall–Kier alpha value is -1.20. The van der Waals surface area contributed by atoms with Gasteiger partial charge in [0.15, 0.2) is 0 Å². The SMILES string of the molecule is CC(C)O.CC(C)O.CCCCCCCCC=CCCCCCCCCCC(=O)CC(=O)O. The lowest BCUT2D eigenvalue weighted by Gasteiger charge is -2.01. The normalized spacial score (nSPS) is 10.7. The van der Waals surface area contributed by atoms with Gasteiger partial charge in [-0.2, -0.15) is 0 Å². The lowest BCUT2D eigenvalue weighted by Crippen LogP contribution is -2.05. The van der Waals surface area contributed by atoms with Gasteiger partial charge in [0.25, 0.3) is 0 Å². The number of hydrogen-bond donors (Lipinski definition) is 3. The van der Waals surface area contributed by atoms with Crippen molar-refractivity contribution in [2.45, 2.75) is 156 Å². The molecule has 0 amide bonds. The van der Waals surface area contributed by atoms with Gasteiger partial charge >= 0.3 is 5.97 Å². The van der Waals surface area contributed by atoms with E-state index in [1.54, 1.807) is 27.7 Å². The maximum absolute atomic E-state index is 11.2. The van der Waals surface area contributed by atoms with E-state index in [0.717, 1.165) is 19.3 Å². The number of rotatable bonds is 19. The molecule has 0 spiro atoms. The zero-order chi connectivity index (χ0) is 25.7. The van der Waals surface area contributed by atoms with Crippen LogP contribution in [0.25, 0.3) is 0 Å². The van der Waals surface area contributed by atoms with E-state index < -0.39 is 5.97 Å². The van der Waals surface area contributed by atoms with Gasteiger partial charge in [-0.1, -0.05) is 83.3 Å². The summed E-state index contributed by atoms with van der Waals surface area (Å²) in [5.74, 6) is -1.15. The summed E-state index contributed by atoms with van der Waals surface area (Å²) in [6, 6.07) is 0. The Balaban J connectivity index is -0.000000962. The first-order valence-electron chi connectivity index (χ1n) is 13.4. The van der Waals surface area contributed by atoms with Crippen LogP contribution in [0, 0.1) is 0 Å². The van der Waals surface area contributed by atoms with E-state index in [9.17, 15) is 9.59 Å². The minimum absolute atomic E-state index is 0.139. The molecule has 0 aromatic heterocycles. The molecule has 0 unspecified atom stereocenters. The number of ketones is 1. The second kappa shape index (κ2) is 30.8. The highest BCUT2D eigenvalue weighted by atomic mass is 16.4. The fourth-order valence-corrected chi connectivity index (χ4v) is 3.00. The van der Waals surface area contributed by atoms with Crippen LogP contribution < -0.4 is 0 Å². The van der Waals surface area contributed by atoms with Crippen molar-refractivity contribution in [2.24, 2.45) is 0 Å². The number of hydrogen-bond acceptors (Lipinski definition) is 4. The van der Waals surface area contributed by atoms with E-state index in [-0.39, 0.29) is 24.4 Å². The number of carbonyl (C=O) groups is 2. The molecule has 0 saturated carbocycles. The van der Waals surface area contributed by atoms with Crippen LogP contribution in [-0.4, -0.2) is 39.3 Å². The fourth-order valence-electron chi connectivity index (χ4n) is 3.00. The predicted octanol–water partition coefficient (Wildman–Crippen LogP) is 7.62. The second-order valence-corrected chi connectivity index (χ2v) is 9.34. The minimum atomic E-state index is -1.01.